The molecule has 4 aromatic rings. The van der Waals surface area contributed by atoms with Crippen LogP contribution in [0.4, 0.5) is 0 Å². The Kier molecular flexibility index (Phi) is 9.95. The maximum atomic E-state index is 12.7. The van der Waals surface area contributed by atoms with Crippen LogP contribution in [0.1, 0.15) is 11.1 Å². The number of rotatable bonds is 4. The van der Waals surface area contributed by atoms with Gasteiger partial charge in [0.1, 0.15) is 11.5 Å². The van der Waals surface area contributed by atoms with Crippen molar-refractivity contribution in [1.29, 1.82) is 0 Å². The third-order valence-corrected chi connectivity index (χ3v) is 9.61. The molecule has 14 heteroatoms. The number of amides is 2. The van der Waals surface area contributed by atoms with Gasteiger partial charge in [-0.05, 0) is 47.5 Å². The number of nitrogens with one attached hydrogen (secondary N) is 4. The number of hydrogen-bond donors (Lipinski definition) is 4. The van der Waals surface area contributed by atoms with E-state index in [0.717, 1.165) is 59.6 Å². The van der Waals surface area contributed by atoms with E-state index in [1.54, 1.807) is 36.7 Å². The minimum atomic E-state index is -0.535. The van der Waals surface area contributed by atoms with Crippen LogP contribution in [0, 0.1) is 0 Å². The normalized spacial score (nSPS) is 19.4. The molecule has 50 heavy (non-hydrogen) atoms. The first-order valence-electron chi connectivity index (χ1n) is 16.6. The number of nitrogens with zero attached hydrogens (tertiary/aromatic N) is 2. The maximum absolute atomic E-state index is 12.7. The maximum Gasteiger partial charge on any atom is 0.264 e. The largest absolute Gasteiger partial charge is 0.479 e. The zero-order valence-corrected chi connectivity index (χ0v) is 28.6. The van der Waals surface area contributed by atoms with Gasteiger partial charge in [-0.1, -0.05) is 23.2 Å². The molecule has 2 fully saturated rings. The van der Waals surface area contributed by atoms with E-state index in [9.17, 15) is 19.2 Å². The molecule has 4 aliphatic rings. The molecule has 2 saturated heterocycles. The minimum Gasteiger partial charge on any atom is -0.479 e. The van der Waals surface area contributed by atoms with Gasteiger partial charge < -0.3 is 39.9 Å². The standard InChI is InChI=1S/2C18H18ClN3O3/c2*19-13-7-12-8-15(18(24)22-5-3-20-4-6-22)25-17(12)14(10-13)11-1-2-21-16(23)9-11/h2*1-2,7,9-10,15,20H,3-6,8H2,(H,21,23)/t2*15-/m10/s1. The predicted octanol–water partition coefficient (Wildman–Crippen LogP) is 2.86. The number of aromatic nitrogens is 2. The van der Waals surface area contributed by atoms with E-state index in [4.69, 9.17) is 32.7 Å². The van der Waals surface area contributed by atoms with Crippen molar-refractivity contribution in [3.63, 3.8) is 0 Å². The average molecular weight is 720 g/mol. The van der Waals surface area contributed by atoms with Gasteiger partial charge >= 0.3 is 0 Å². The Morgan fingerprint density at radius 3 is 1.40 bits per heavy atom. The number of ether oxygens (including phenoxy) is 2. The number of fused-ring (bicyclic) bond motifs is 2. The Balaban J connectivity index is 0.000000157. The summed E-state index contributed by atoms with van der Waals surface area (Å²) >= 11 is 12.5. The molecule has 0 unspecified atom stereocenters. The Morgan fingerprint density at radius 2 is 1.02 bits per heavy atom. The fraction of sp³-hybridized carbons (Fsp3) is 0.333. The van der Waals surface area contributed by atoms with Gasteiger partial charge in [-0.25, -0.2) is 0 Å². The van der Waals surface area contributed by atoms with Crippen LogP contribution in [0.25, 0.3) is 22.3 Å². The Bertz CT molecular complexity index is 1890. The third kappa shape index (κ3) is 7.29. The second kappa shape index (κ2) is 14.7. The van der Waals surface area contributed by atoms with Gasteiger partial charge in [0.2, 0.25) is 11.1 Å². The van der Waals surface area contributed by atoms with Gasteiger partial charge in [0.15, 0.2) is 12.2 Å². The number of aromatic amines is 2. The quantitative estimate of drug-likeness (QED) is 0.252. The Morgan fingerprint density at radius 1 is 0.620 bits per heavy atom. The van der Waals surface area contributed by atoms with E-state index in [1.165, 1.54) is 12.1 Å². The van der Waals surface area contributed by atoms with Gasteiger partial charge in [-0.15, -0.1) is 0 Å². The molecule has 4 N–H and O–H groups in total. The Hall–Kier alpha value is -4.62. The van der Waals surface area contributed by atoms with Crippen molar-refractivity contribution in [2.75, 3.05) is 52.4 Å². The first kappa shape index (κ1) is 33.9. The molecule has 0 saturated carbocycles. The van der Waals surface area contributed by atoms with Crippen molar-refractivity contribution in [1.82, 2.24) is 30.4 Å². The van der Waals surface area contributed by atoms with Crippen LogP contribution in [0.5, 0.6) is 11.5 Å². The van der Waals surface area contributed by atoms with E-state index in [2.05, 4.69) is 20.6 Å². The lowest BCUT2D eigenvalue weighted by atomic mass is 10.0. The molecule has 6 heterocycles. The molecule has 2 aromatic heterocycles. The van der Waals surface area contributed by atoms with E-state index >= 15 is 0 Å². The topological polar surface area (TPSA) is 149 Å². The van der Waals surface area contributed by atoms with E-state index in [0.29, 0.717) is 60.6 Å². The summed E-state index contributed by atoms with van der Waals surface area (Å²) in [7, 11) is 0. The molecule has 0 spiro atoms. The summed E-state index contributed by atoms with van der Waals surface area (Å²) in [5.74, 6) is 1.29. The highest BCUT2D eigenvalue weighted by Crippen LogP contribution is 2.42. The summed E-state index contributed by atoms with van der Waals surface area (Å²) in [6, 6.07) is 13.8. The fourth-order valence-corrected chi connectivity index (χ4v) is 7.24. The highest BCUT2D eigenvalue weighted by molar-refractivity contribution is 6.31. The van der Waals surface area contributed by atoms with Crippen LogP contribution in [-0.4, -0.2) is 96.1 Å². The lowest BCUT2D eigenvalue weighted by Gasteiger charge is -2.29. The molecule has 0 aliphatic carbocycles. The highest BCUT2D eigenvalue weighted by Gasteiger charge is 2.36. The smallest absolute Gasteiger partial charge is 0.264 e. The van der Waals surface area contributed by atoms with Gasteiger partial charge in [-0.3, -0.25) is 19.2 Å². The first-order chi connectivity index (χ1) is 24.2. The fourth-order valence-electron chi connectivity index (χ4n) is 6.76. The summed E-state index contributed by atoms with van der Waals surface area (Å²) in [6.07, 6.45) is 3.09. The van der Waals surface area contributed by atoms with Crippen molar-refractivity contribution in [2.45, 2.75) is 25.0 Å². The molecule has 2 aromatic carbocycles. The van der Waals surface area contributed by atoms with Crippen LogP contribution in [0.15, 0.2) is 70.5 Å². The van der Waals surface area contributed by atoms with Gasteiger partial charge in [0, 0.05) is 122 Å². The molecule has 260 valence electrons. The van der Waals surface area contributed by atoms with Crippen molar-refractivity contribution in [2.24, 2.45) is 0 Å². The van der Waals surface area contributed by atoms with Crippen molar-refractivity contribution < 1.29 is 19.1 Å². The van der Waals surface area contributed by atoms with E-state index in [-0.39, 0.29) is 22.9 Å². The second-order valence-corrected chi connectivity index (χ2v) is 13.4. The SMILES string of the molecule is O=C([C@@H]1Cc2cc(Cl)cc(-c3cc[nH]c(=O)c3)c2O1)N1CCNCC1.O=C([C@H]1Cc2cc(Cl)cc(-c3cc[nH]c(=O)c3)c2O1)N1CCNCC1. The van der Waals surface area contributed by atoms with Gasteiger partial charge in [-0.2, -0.15) is 0 Å². The molecule has 12 nitrogen and oxygen atoms in total. The molecule has 8 rings (SSSR count). The van der Waals surface area contributed by atoms with Crippen LogP contribution >= 0.6 is 23.2 Å². The number of H-pyrrole nitrogens is 2. The lowest BCUT2D eigenvalue weighted by molar-refractivity contribution is -0.139. The van der Waals surface area contributed by atoms with Gasteiger partial charge in [0.05, 0.1) is 0 Å². The summed E-state index contributed by atoms with van der Waals surface area (Å²) in [5.41, 5.74) is 4.33. The van der Waals surface area contributed by atoms with E-state index < -0.39 is 12.2 Å². The van der Waals surface area contributed by atoms with Crippen molar-refractivity contribution in [3.05, 3.63) is 103 Å². The van der Waals surface area contributed by atoms with Crippen LogP contribution < -0.4 is 31.2 Å². The first-order valence-corrected chi connectivity index (χ1v) is 17.3. The van der Waals surface area contributed by atoms with Crippen molar-refractivity contribution in [3.8, 4) is 33.8 Å². The molecular weight excluding hydrogens is 683 g/mol. The number of benzene rings is 2. The molecule has 4 aliphatic heterocycles. The molecule has 2 atom stereocenters. The summed E-state index contributed by atoms with van der Waals surface area (Å²) in [4.78, 5) is 57.6. The zero-order chi connectivity index (χ0) is 34.8. The van der Waals surface area contributed by atoms with Crippen molar-refractivity contribution >= 4 is 35.0 Å². The second-order valence-electron chi connectivity index (χ2n) is 12.5. The summed E-state index contributed by atoms with van der Waals surface area (Å²) in [5, 5.41) is 7.60. The van der Waals surface area contributed by atoms with Crippen LogP contribution in [0.3, 0.4) is 0 Å². The summed E-state index contributed by atoms with van der Waals surface area (Å²) < 4.78 is 12.0. The minimum absolute atomic E-state index is 0.00526. The number of pyridine rings is 2. The third-order valence-electron chi connectivity index (χ3n) is 9.17. The number of piperazine rings is 2. The molecule has 0 radical (unpaired) electrons. The van der Waals surface area contributed by atoms with Crippen LogP contribution in [0.2, 0.25) is 10.0 Å². The van der Waals surface area contributed by atoms with E-state index in [1.807, 2.05) is 21.9 Å². The predicted molar refractivity (Wildman–Crippen MR) is 190 cm³/mol. The lowest BCUT2D eigenvalue weighted by Crippen LogP contribution is -2.50. The number of carbonyl (C=O) groups excluding carboxylic acids is 2. The van der Waals surface area contributed by atoms with Gasteiger partial charge in [0.25, 0.3) is 11.8 Å². The average Bonchev–Trinajstić information content (AvgIpc) is 3.76. The highest BCUT2D eigenvalue weighted by atomic mass is 35.5. The molecular formula is C36H36Cl2N6O6. The zero-order valence-electron chi connectivity index (χ0n) is 27.1. The molecule has 0 bridgehead atoms. The summed E-state index contributed by atoms with van der Waals surface area (Å²) in [6.45, 7) is 5.97. The number of carbonyl (C=O) groups is 2. The number of halogens is 2. The molecule has 2 amide bonds. The number of hydrogen-bond acceptors (Lipinski definition) is 8. The Labute approximate surface area is 297 Å². The monoisotopic (exact) mass is 718 g/mol. The van der Waals surface area contributed by atoms with Crippen LogP contribution in [-0.2, 0) is 22.4 Å².